The largest absolute Gasteiger partial charge is 0.508 e. The van der Waals surface area contributed by atoms with Crippen molar-refractivity contribution < 1.29 is 14.6 Å². The minimum atomic E-state index is 0.0713. The van der Waals surface area contributed by atoms with Gasteiger partial charge in [0, 0.05) is 19.6 Å². The molecule has 0 bridgehead atoms. The standard InChI is InChI=1S/C34H46O3/c1-28(36-24-13-5-11-20-30-16-7-3-8-17-30)26-32-22-15-23-34(35)33(32)27-29(2)37-25-14-6-12-21-31-18-9-4-10-19-31/h3-4,7-10,15-19,22-23,28-29,35H,5-6,11-14,20-21,24-27H2,1-2H3. The molecule has 0 amide bonds. The SMILES string of the molecule is CC(Cc1cccc(O)c1CC(C)OCCCCCc1ccccc1)OCCCCCc1ccccc1. The van der Waals surface area contributed by atoms with Crippen molar-refractivity contribution in [1.82, 2.24) is 0 Å². The number of aromatic hydroxyl groups is 1. The third-order valence-electron chi connectivity index (χ3n) is 6.96. The van der Waals surface area contributed by atoms with Gasteiger partial charge in [-0.3, -0.25) is 0 Å². The quantitative estimate of drug-likeness (QED) is 0.179. The van der Waals surface area contributed by atoms with Crippen LogP contribution in [0.2, 0.25) is 0 Å². The zero-order valence-electron chi connectivity index (χ0n) is 22.9. The summed E-state index contributed by atoms with van der Waals surface area (Å²) >= 11 is 0. The molecule has 0 spiro atoms. The van der Waals surface area contributed by atoms with Gasteiger partial charge in [0.1, 0.15) is 5.75 Å². The minimum absolute atomic E-state index is 0.0713. The molecule has 0 heterocycles. The second-order valence-electron chi connectivity index (χ2n) is 10.3. The monoisotopic (exact) mass is 502 g/mol. The lowest BCUT2D eigenvalue weighted by molar-refractivity contribution is 0.0595. The third-order valence-corrected chi connectivity index (χ3v) is 6.96. The average Bonchev–Trinajstić information content (AvgIpc) is 2.91. The maximum absolute atomic E-state index is 10.6. The third kappa shape index (κ3) is 11.5. The van der Waals surface area contributed by atoms with E-state index in [0.29, 0.717) is 5.75 Å². The molecule has 2 unspecified atom stereocenters. The van der Waals surface area contributed by atoms with Gasteiger partial charge in [0.25, 0.3) is 0 Å². The predicted molar refractivity (Wildman–Crippen MR) is 154 cm³/mol. The van der Waals surface area contributed by atoms with Crippen molar-refractivity contribution in [2.24, 2.45) is 0 Å². The first-order valence-corrected chi connectivity index (χ1v) is 14.2. The molecule has 3 aromatic carbocycles. The van der Waals surface area contributed by atoms with E-state index >= 15 is 0 Å². The van der Waals surface area contributed by atoms with Crippen LogP contribution < -0.4 is 0 Å². The zero-order valence-corrected chi connectivity index (χ0v) is 22.9. The summed E-state index contributed by atoms with van der Waals surface area (Å²) in [7, 11) is 0. The van der Waals surface area contributed by atoms with Gasteiger partial charge in [-0.2, -0.15) is 0 Å². The second-order valence-corrected chi connectivity index (χ2v) is 10.3. The number of benzene rings is 3. The van der Waals surface area contributed by atoms with Gasteiger partial charge in [-0.25, -0.2) is 0 Å². The summed E-state index contributed by atoms with van der Waals surface area (Å²) in [4.78, 5) is 0. The number of phenolic OH excluding ortho intramolecular Hbond substituents is 1. The van der Waals surface area contributed by atoms with E-state index in [2.05, 4.69) is 80.6 Å². The van der Waals surface area contributed by atoms with E-state index in [0.717, 1.165) is 62.9 Å². The van der Waals surface area contributed by atoms with Crippen LogP contribution in [-0.2, 0) is 35.2 Å². The summed E-state index contributed by atoms with van der Waals surface area (Å²) in [5.74, 6) is 0.365. The Bertz CT molecular complexity index is 986. The van der Waals surface area contributed by atoms with Crippen molar-refractivity contribution >= 4 is 0 Å². The van der Waals surface area contributed by atoms with Gasteiger partial charge in [0.05, 0.1) is 12.2 Å². The molecule has 3 aromatic rings. The fourth-order valence-electron chi connectivity index (χ4n) is 4.84. The maximum Gasteiger partial charge on any atom is 0.119 e. The fraction of sp³-hybridized carbons (Fsp3) is 0.471. The van der Waals surface area contributed by atoms with Crippen LogP contribution in [0.4, 0.5) is 0 Å². The summed E-state index contributed by atoms with van der Waals surface area (Å²) in [5, 5.41) is 10.6. The highest BCUT2D eigenvalue weighted by Gasteiger charge is 2.15. The summed E-state index contributed by atoms with van der Waals surface area (Å²) in [6, 6.07) is 27.2. The van der Waals surface area contributed by atoms with Crippen molar-refractivity contribution in [3.05, 3.63) is 101 Å². The first kappa shape index (κ1) is 28.9. The van der Waals surface area contributed by atoms with Crippen LogP contribution in [0.15, 0.2) is 78.9 Å². The molecule has 2 atom stereocenters. The van der Waals surface area contributed by atoms with Crippen LogP contribution in [0.3, 0.4) is 0 Å². The van der Waals surface area contributed by atoms with Crippen LogP contribution in [0.1, 0.15) is 74.6 Å². The highest BCUT2D eigenvalue weighted by atomic mass is 16.5. The Morgan fingerprint density at radius 1 is 0.568 bits per heavy atom. The molecule has 200 valence electrons. The van der Waals surface area contributed by atoms with E-state index in [1.807, 2.05) is 6.07 Å². The maximum atomic E-state index is 10.6. The zero-order chi connectivity index (χ0) is 26.1. The molecule has 37 heavy (non-hydrogen) atoms. The van der Waals surface area contributed by atoms with Gasteiger partial charge >= 0.3 is 0 Å². The first-order valence-electron chi connectivity index (χ1n) is 14.2. The van der Waals surface area contributed by atoms with Gasteiger partial charge in [0.15, 0.2) is 0 Å². The molecule has 0 saturated heterocycles. The smallest absolute Gasteiger partial charge is 0.119 e. The van der Waals surface area contributed by atoms with Crippen LogP contribution in [0.25, 0.3) is 0 Å². The lowest BCUT2D eigenvalue weighted by atomic mass is 9.97. The summed E-state index contributed by atoms with van der Waals surface area (Å²) in [6.45, 7) is 5.79. The number of aryl methyl sites for hydroxylation is 2. The van der Waals surface area contributed by atoms with E-state index in [1.165, 1.54) is 36.8 Å². The Morgan fingerprint density at radius 2 is 1.08 bits per heavy atom. The van der Waals surface area contributed by atoms with Crippen LogP contribution >= 0.6 is 0 Å². The molecule has 3 nitrogen and oxygen atoms in total. The Kier molecular flexibility index (Phi) is 13.3. The van der Waals surface area contributed by atoms with E-state index < -0.39 is 0 Å². The van der Waals surface area contributed by atoms with Crippen molar-refractivity contribution in [1.29, 1.82) is 0 Å². The van der Waals surface area contributed by atoms with Crippen molar-refractivity contribution in [2.45, 2.75) is 90.3 Å². The predicted octanol–water partition coefficient (Wildman–Crippen LogP) is 8.11. The number of rotatable bonds is 18. The molecular formula is C34H46O3. The van der Waals surface area contributed by atoms with Gasteiger partial charge in [-0.05, 0) is 87.1 Å². The summed E-state index contributed by atoms with van der Waals surface area (Å²) < 4.78 is 12.2. The van der Waals surface area contributed by atoms with E-state index in [1.54, 1.807) is 6.07 Å². The number of hydrogen-bond acceptors (Lipinski definition) is 3. The van der Waals surface area contributed by atoms with Crippen molar-refractivity contribution in [3.8, 4) is 5.75 Å². The Balaban J connectivity index is 1.31. The molecule has 0 aromatic heterocycles. The Labute approximate surface area is 224 Å². The van der Waals surface area contributed by atoms with Crippen LogP contribution in [0.5, 0.6) is 5.75 Å². The van der Waals surface area contributed by atoms with Gasteiger partial charge in [-0.15, -0.1) is 0 Å². The molecule has 3 rings (SSSR count). The van der Waals surface area contributed by atoms with E-state index in [-0.39, 0.29) is 12.2 Å². The highest BCUT2D eigenvalue weighted by Crippen LogP contribution is 2.25. The van der Waals surface area contributed by atoms with Gasteiger partial charge < -0.3 is 14.6 Å². The summed E-state index contributed by atoms with van der Waals surface area (Å²) in [6.07, 6.45) is 10.9. The fourth-order valence-corrected chi connectivity index (χ4v) is 4.84. The Hall–Kier alpha value is -2.62. The highest BCUT2D eigenvalue weighted by molar-refractivity contribution is 5.40. The molecule has 1 N–H and O–H groups in total. The number of hydrogen-bond donors (Lipinski definition) is 1. The molecule has 3 heteroatoms. The second kappa shape index (κ2) is 17.0. The molecule has 0 saturated carbocycles. The molecular weight excluding hydrogens is 456 g/mol. The first-order chi connectivity index (χ1) is 18.1. The minimum Gasteiger partial charge on any atom is -0.508 e. The number of phenols is 1. The van der Waals surface area contributed by atoms with E-state index in [4.69, 9.17) is 9.47 Å². The summed E-state index contributed by atoms with van der Waals surface area (Å²) in [5.41, 5.74) is 4.98. The van der Waals surface area contributed by atoms with Gasteiger partial charge in [-0.1, -0.05) is 85.6 Å². The molecule has 0 fully saturated rings. The van der Waals surface area contributed by atoms with Crippen LogP contribution in [0, 0.1) is 0 Å². The van der Waals surface area contributed by atoms with Crippen molar-refractivity contribution in [2.75, 3.05) is 13.2 Å². The average molecular weight is 503 g/mol. The van der Waals surface area contributed by atoms with Gasteiger partial charge in [0.2, 0.25) is 0 Å². The topological polar surface area (TPSA) is 38.7 Å². The van der Waals surface area contributed by atoms with Crippen molar-refractivity contribution in [3.63, 3.8) is 0 Å². The molecule has 0 radical (unpaired) electrons. The van der Waals surface area contributed by atoms with Crippen LogP contribution in [-0.4, -0.2) is 30.5 Å². The number of ether oxygens (including phenoxy) is 2. The van der Waals surface area contributed by atoms with E-state index in [9.17, 15) is 5.11 Å². The lowest BCUT2D eigenvalue weighted by Crippen LogP contribution is -2.17. The lowest BCUT2D eigenvalue weighted by Gasteiger charge is -2.19. The molecule has 0 aliphatic heterocycles. The molecule has 0 aliphatic rings. The number of unbranched alkanes of at least 4 members (excludes halogenated alkanes) is 4. The Morgan fingerprint density at radius 3 is 1.62 bits per heavy atom. The normalized spacial score (nSPS) is 12.9. The molecule has 0 aliphatic carbocycles.